The minimum absolute atomic E-state index is 0.285. The van der Waals surface area contributed by atoms with Crippen LogP contribution in [-0.4, -0.2) is 36.2 Å². The fourth-order valence-corrected chi connectivity index (χ4v) is 5.21. The van der Waals surface area contributed by atoms with E-state index < -0.39 is 0 Å². The first-order chi connectivity index (χ1) is 15.6. The van der Waals surface area contributed by atoms with E-state index in [-0.39, 0.29) is 5.75 Å². The number of hydrogen-bond donors (Lipinski definition) is 1. The summed E-state index contributed by atoms with van der Waals surface area (Å²) in [4.78, 5) is 3.69. The number of thiophene rings is 1. The van der Waals surface area contributed by atoms with Crippen molar-refractivity contribution >= 4 is 21.4 Å². The third kappa shape index (κ3) is 5.84. The lowest BCUT2D eigenvalue weighted by Crippen LogP contribution is -2.33. The Morgan fingerprint density at radius 3 is 2.56 bits per heavy atom. The second-order valence-corrected chi connectivity index (χ2v) is 9.63. The molecule has 4 nitrogen and oxygen atoms in total. The van der Waals surface area contributed by atoms with Gasteiger partial charge in [0.15, 0.2) is 0 Å². The third-order valence-corrected chi connectivity index (χ3v) is 7.30. The summed E-state index contributed by atoms with van der Waals surface area (Å²) in [5, 5.41) is 10.9. The number of ether oxygens (including phenoxy) is 2. The summed E-state index contributed by atoms with van der Waals surface area (Å²) in [6.45, 7) is 8.32. The van der Waals surface area contributed by atoms with Gasteiger partial charge in [0.2, 0.25) is 0 Å². The molecule has 170 valence electrons. The highest BCUT2D eigenvalue weighted by Crippen LogP contribution is 2.42. The van der Waals surface area contributed by atoms with Crippen molar-refractivity contribution in [3.63, 3.8) is 0 Å². The van der Waals surface area contributed by atoms with Gasteiger partial charge in [-0.05, 0) is 95.1 Å². The van der Waals surface area contributed by atoms with Crippen molar-refractivity contribution in [2.24, 2.45) is 0 Å². The average molecular weight is 452 g/mol. The minimum Gasteiger partial charge on any atom is -0.508 e. The zero-order valence-electron chi connectivity index (χ0n) is 19.1. The Morgan fingerprint density at radius 1 is 1.06 bits per heavy atom. The van der Waals surface area contributed by atoms with Crippen LogP contribution in [0.5, 0.6) is 23.0 Å². The zero-order valence-corrected chi connectivity index (χ0v) is 19.9. The van der Waals surface area contributed by atoms with Gasteiger partial charge in [-0.1, -0.05) is 18.1 Å². The predicted molar refractivity (Wildman–Crippen MR) is 134 cm³/mol. The molecule has 0 amide bonds. The maximum atomic E-state index is 9.90. The van der Waals surface area contributed by atoms with Crippen molar-refractivity contribution in [2.75, 3.05) is 26.2 Å². The van der Waals surface area contributed by atoms with Crippen molar-refractivity contribution in [3.8, 4) is 23.0 Å². The zero-order chi connectivity index (χ0) is 22.3. The van der Waals surface area contributed by atoms with E-state index in [4.69, 9.17) is 9.47 Å². The fourth-order valence-electron chi connectivity index (χ4n) is 4.04. The first-order valence-corrected chi connectivity index (χ1v) is 12.4. The molecule has 0 unspecified atom stereocenters. The minimum atomic E-state index is 0.285. The van der Waals surface area contributed by atoms with E-state index in [1.807, 2.05) is 36.4 Å². The number of aryl methyl sites for hydroxylation is 1. The molecule has 0 aliphatic carbocycles. The van der Waals surface area contributed by atoms with Gasteiger partial charge in [0.1, 0.15) is 29.6 Å². The number of phenolic OH excluding ortho intramolecular Hbond substituents is 1. The molecule has 0 spiro atoms. The van der Waals surface area contributed by atoms with Crippen LogP contribution in [0.4, 0.5) is 0 Å². The number of fused-ring (bicyclic) bond motifs is 1. The first kappa shape index (κ1) is 22.7. The topological polar surface area (TPSA) is 41.9 Å². The molecule has 0 radical (unpaired) electrons. The summed E-state index contributed by atoms with van der Waals surface area (Å²) in [6, 6.07) is 13.4. The van der Waals surface area contributed by atoms with E-state index >= 15 is 0 Å². The number of benzene rings is 2. The van der Waals surface area contributed by atoms with Crippen molar-refractivity contribution in [1.29, 1.82) is 0 Å². The van der Waals surface area contributed by atoms with Gasteiger partial charge in [-0.3, -0.25) is 4.90 Å². The Balaban J connectivity index is 1.43. The number of aromatic hydroxyl groups is 1. The van der Waals surface area contributed by atoms with E-state index in [1.165, 1.54) is 42.8 Å². The molecule has 1 fully saturated rings. The molecule has 5 heteroatoms. The second-order valence-electron chi connectivity index (χ2n) is 8.49. The third-order valence-electron chi connectivity index (χ3n) is 6.10. The summed E-state index contributed by atoms with van der Waals surface area (Å²) in [5.41, 5.74) is 1.36. The van der Waals surface area contributed by atoms with Crippen molar-refractivity contribution in [1.82, 2.24) is 4.90 Å². The highest BCUT2D eigenvalue weighted by atomic mass is 32.1. The van der Waals surface area contributed by atoms with Crippen LogP contribution in [0, 0.1) is 0 Å². The number of nitrogens with zero attached hydrogens (tertiary/aromatic N) is 1. The lowest BCUT2D eigenvalue weighted by molar-refractivity contribution is 0.183. The highest BCUT2D eigenvalue weighted by molar-refractivity contribution is 7.19. The summed E-state index contributed by atoms with van der Waals surface area (Å²) in [6.07, 6.45) is 8.04. The molecule has 32 heavy (non-hydrogen) atoms. The maximum Gasteiger partial charge on any atom is 0.149 e. The van der Waals surface area contributed by atoms with Crippen LogP contribution < -0.4 is 9.47 Å². The number of allylic oxidation sites excluding steroid dienone is 2. The van der Waals surface area contributed by atoms with Gasteiger partial charge in [-0.15, -0.1) is 11.3 Å². The summed E-state index contributed by atoms with van der Waals surface area (Å²) >= 11 is 1.70. The van der Waals surface area contributed by atoms with Gasteiger partial charge >= 0.3 is 0 Å². The molecular weight excluding hydrogens is 418 g/mol. The first-order valence-electron chi connectivity index (χ1n) is 11.6. The van der Waals surface area contributed by atoms with Gasteiger partial charge in [0.25, 0.3) is 0 Å². The number of rotatable bonds is 9. The van der Waals surface area contributed by atoms with Crippen molar-refractivity contribution < 1.29 is 14.6 Å². The van der Waals surface area contributed by atoms with Gasteiger partial charge in [-0.2, -0.15) is 0 Å². The molecule has 1 aliphatic rings. The lowest BCUT2D eigenvalue weighted by atomic mass is 10.1. The summed E-state index contributed by atoms with van der Waals surface area (Å²) in [5.74, 6) is 2.85. The molecule has 0 saturated carbocycles. The Labute approximate surface area is 195 Å². The molecule has 3 aromatic rings. The molecular formula is C27H33NO3S. The van der Waals surface area contributed by atoms with Gasteiger partial charge in [0.05, 0.1) is 0 Å². The number of phenols is 1. The largest absolute Gasteiger partial charge is 0.508 e. The average Bonchev–Trinajstić information content (AvgIpc) is 3.15. The standard InChI is InChI=1S/C27H33NO3S/c1-3-20(2)7-14-25-27(24-13-8-21(29)19-26(24)32-25)31-23-11-9-22(10-12-23)30-18-17-28-15-5-4-6-16-28/h3,8-13,19,29H,4-7,14-18H2,1-2H3. The van der Waals surface area contributed by atoms with Gasteiger partial charge in [-0.25, -0.2) is 0 Å². The molecule has 4 rings (SSSR count). The molecule has 1 aromatic heterocycles. The van der Waals surface area contributed by atoms with Crippen molar-refractivity contribution in [3.05, 3.63) is 59.0 Å². The number of likely N-dealkylation sites (tertiary alicyclic amines) is 1. The maximum absolute atomic E-state index is 9.90. The Kier molecular flexibility index (Phi) is 7.72. The lowest BCUT2D eigenvalue weighted by Gasteiger charge is -2.26. The van der Waals surface area contributed by atoms with E-state index in [0.717, 1.165) is 46.7 Å². The van der Waals surface area contributed by atoms with E-state index in [9.17, 15) is 5.11 Å². The molecule has 1 saturated heterocycles. The van der Waals surface area contributed by atoms with Gasteiger partial charge < -0.3 is 14.6 Å². The Hall–Kier alpha value is -2.50. The van der Waals surface area contributed by atoms with E-state index in [0.29, 0.717) is 6.61 Å². The number of piperidine rings is 1. The van der Waals surface area contributed by atoms with E-state index in [2.05, 4.69) is 24.8 Å². The van der Waals surface area contributed by atoms with E-state index in [1.54, 1.807) is 17.4 Å². The molecule has 0 atom stereocenters. The van der Waals surface area contributed by atoms with Crippen LogP contribution in [-0.2, 0) is 6.42 Å². The smallest absolute Gasteiger partial charge is 0.149 e. The molecule has 0 bridgehead atoms. The Bertz CT molecular complexity index is 1050. The second kappa shape index (κ2) is 10.9. The van der Waals surface area contributed by atoms with Gasteiger partial charge in [0, 0.05) is 21.5 Å². The Morgan fingerprint density at radius 2 is 1.81 bits per heavy atom. The van der Waals surface area contributed by atoms with Crippen LogP contribution in [0.1, 0.15) is 44.4 Å². The molecule has 2 heterocycles. The number of hydrogen-bond acceptors (Lipinski definition) is 5. The van der Waals surface area contributed by atoms with Crippen LogP contribution in [0.15, 0.2) is 54.1 Å². The SMILES string of the molecule is CC=C(C)CCc1sc2cc(O)ccc2c1Oc1ccc(OCCN2CCCCC2)cc1. The summed E-state index contributed by atoms with van der Waals surface area (Å²) in [7, 11) is 0. The monoisotopic (exact) mass is 451 g/mol. The predicted octanol–water partition coefficient (Wildman–Crippen LogP) is 7.16. The fraction of sp³-hybridized carbons (Fsp3) is 0.407. The highest BCUT2D eigenvalue weighted by Gasteiger charge is 2.15. The normalized spacial score (nSPS) is 15.2. The molecule has 2 aromatic carbocycles. The van der Waals surface area contributed by atoms with Crippen LogP contribution in [0.2, 0.25) is 0 Å². The van der Waals surface area contributed by atoms with Crippen LogP contribution >= 0.6 is 11.3 Å². The molecule has 1 aliphatic heterocycles. The van der Waals surface area contributed by atoms with Crippen LogP contribution in [0.3, 0.4) is 0 Å². The molecule has 1 N–H and O–H groups in total. The van der Waals surface area contributed by atoms with Crippen LogP contribution in [0.25, 0.3) is 10.1 Å². The summed E-state index contributed by atoms with van der Waals surface area (Å²) < 4.78 is 13.4. The quantitative estimate of drug-likeness (QED) is 0.350. The van der Waals surface area contributed by atoms with Crippen molar-refractivity contribution in [2.45, 2.75) is 46.0 Å².